The fourth-order valence-electron chi connectivity index (χ4n) is 2.78. The van der Waals surface area contributed by atoms with Crippen LogP contribution >= 0.6 is 11.7 Å². The number of fused-ring (bicyclic) bond motifs is 1. The highest BCUT2D eigenvalue weighted by Crippen LogP contribution is 2.20. The molecule has 1 aliphatic heterocycles. The Morgan fingerprint density at radius 2 is 2.17 bits per heavy atom. The van der Waals surface area contributed by atoms with E-state index in [9.17, 15) is 4.79 Å². The van der Waals surface area contributed by atoms with Gasteiger partial charge in [-0.3, -0.25) is 4.79 Å². The average Bonchev–Trinajstić information content (AvgIpc) is 3.22. The number of nitrogens with zero attached hydrogens (tertiary/aromatic N) is 5. The van der Waals surface area contributed by atoms with Crippen LogP contribution in [0.4, 0.5) is 0 Å². The monoisotopic (exact) mass is 341 g/mol. The summed E-state index contributed by atoms with van der Waals surface area (Å²) in [5.41, 5.74) is 2.21. The third kappa shape index (κ3) is 2.92. The van der Waals surface area contributed by atoms with Gasteiger partial charge >= 0.3 is 0 Å². The van der Waals surface area contributed by atoms with Crippen LogP contribution in [0.3, 0.4) is 0 Å². The maximum atomic E-state index is 12.7. The summed E-state index contributed by atoms with van der Waals surface area (Å²) in [6.45, 7) is 3.04. The van der Waals surface area contributed by atoms with Gasteiger partial charge in [-0.15, -0.1) is 0 Å². The quantitative estimate of drug-likeness (QED) is 0.725. The van der Waals surface area contributed by atoms with Crippen molar-refractivity contribution in [1.29, 1.82) is 0 Å². The normalized spacial score (nSPS) is 17.4. The van der Waals surface area contributed by atoms with E-state index < -0.39 is 0 Å². The Morgan fingerprint density at radius 1 is 1.29 bits per heavy atom. The van der Waals surface area contributed by atoms with Gasteiger partial charge < -0.3 is 9.64 Å². The zero-order valence-corrected chi connectivity index (χ0v) is 13.9. The van der Waals surface area contributed by atoms with Crippen molar-refractivity contribution in [3.05, 3.63) is 41.9 Å². The number of benzene rings is 1. The number of likely N-dealkylation sites (tertiary alicyclic amines) is 1. The molecule has 0 unspecified atom stereocenters. The lowest BCUT2D eigenvalue weighted by atomic mass is 10.2. The van der Waals surface area contributed by atoms with Gasteiger partial charge in [-0.05, 0) is 25.1 Å². The topological polar surface area (TPSA) is 81.1 Å². The molecular weight excluding hydrogens is 326 g/mol. The summed E-state index contributed by atoms with van der Waals surface area (Å²) < 4.78 is 14.2. The molecule has 3 heterocycles. The number of hydrogen-bond donors (Lipinski definition) is 0. The second kappa shape index (κ2) is 6.12. The highest BCUT2D eigenvalue weighted by atomic mass is 32.1. The fraction of sp³-hybridized carbons (Fsp3) is 0.312. The van der Waals surface area contributed by atoms with E-state index >= 15 is 0 Å². The highest BCUT2D eigenvalue weighted by molar-refractivity contribution is 7.00. The van der Waals surface area contributed by atoms with Crippen LogP contribution in [0.2, 0.25) is 0 Å². The minimum atomic E-state index is -0.0482. The van der Waals surface area contributed by atoms with Gasteiger partial charge in [0, 0.05) is 30.8 Å². The van der Waals surface area contributed by atoms with E-state index in [1.807, 2.05) is 13.0 Å². The van der Waals surface area contributed by atoms with Crippen LogP contribution in [0, 0.1) is 6.92 Å². The molecule has 1 aromatic carbocycles. The SMILES string of the molecule is Cc1nccc(O[C@H]2CCN(C(=O)c3ccc4nsnc4c3)C2)n1. The van der Waals surface area contributed by atoms with Crippen molar-refractivity contribution in [3.8, 4) is 5.88 Å². The lowest BCUT2D eigenvalue weighted by molar-refractivity contribution is 0.0771. The molecule has 0 spiro atoms. The lowest BCUT2D eigenvalue weighted by Gasteiger charge is -2.17. The van der Waals surface area contributed by atoms with Crippen LogP contribution in [0.15, 0.2) is 30.5 Å². The summed E-state index contributed by atoms with van der Waals surface area (Å²) in [5.74, 6) is 1.22. The molecule has 0 aliphatic carbocycles. The summed E-state index contributed by atoms with van der Waals surface area (Å²) in [6, 6.07) is 7.16. The molecule has 1 saturated heterocycles. The average molecular weight is 341 g/mol. The maximum absolute atomic E-state index is 12.7. The predicted octanol–water partition coefficient (Wildman–Crippen LogP) is 2.08. The Labute approximate surface area is 142 Å². The first-order chi connectivity index (χ1) is 11.7. The van der Waals surface area contributed by atoms with E-state index in [1.165, 1.54) is 0 Å². The van der Waals surface area contributed by atoms with Crippen molar-refractivity contribution in [3.63, 3.8) is 0 Å². The Balaban J connectivity index is 1.44. The summed E-state index contributed by atoms with van der Waals surface area (Å²) in [5, 5.41) is 0. The van der Waals surface area contributed by atoms with E-state index in [1.54, 1.807) is 29.3 Å². The predicted molar refractivity (Wildman–Crippen MR) is 89.1 cm³/mol. The molecule has 1 amide bonds. The van der Waals surface area contributed by atoms with Gasteiger partial charge in [-0.25, -0.2) is 4.98 Å². The zero-order chi connectivity index (χ0) is 16.5. The highest BCUT2D eigenvalue weighted by Gasteiger charge is 2.28. The lowest BCUT2D eigenvalue weighted by Crippen LogP contribution is -2.31. The molecule has 7 nitrogen and oxygen atoms in total. The van der Waals surface area contributed by atoms with Crippen LogP contribution in [-0.2, 0) is 0 Å². The number of rotatable bonds is 3. The summed E-state index contributed by atoms with van der Waals surface area (Å²) in [6.07, 6.45) is 2.41. The Morgan fingerprint density at radius 3 is 3.04 bits per heavy atom. The van der Waals surface area contributed by atoms with Crippen molar-refractivity contribution < 1.29 is 9.53 Å². The van der Waals surface area contributed by atoms with Crippen molar-refractivity contribution in [2.24, 2.45) is 0 Å². The zero-order valence-electron chi connectivity index (χ0n) is 13.0. The minimum Gasteiger partial charge on any atom is -0.472 e. The Bertz CT molecular complexity index is 897. The van der Waals surface area contributed by atoms with Gasteiger partial charge in [0.05, 0.1) is 18.3 Å². The second-order valence-corrected chi connectivity index (χ2v) is 6.22. The van der Waals surface area contributed by atoms with Gasteiger partial charge in [0.2, 0.25) is 5.88 Å². The number of hydrogen-bond acceptors (Lipinski definition) is 7. The van der Waals surface area contributed by atoms with Gasteiger partial charge in [0.25, 0.3) is 5.91 Å². The summed E-state index contributed by atoms with van der Waals surface area (Å²) in [7, 11) is 0. The molecule has 1 aliphatic rings. The van der Waals surface area contributed by atoms with Gasteiger partial charge in [0.15, 0.2) is 0 Å². The third-order valence-corrected chi connectivity index (χ3v) is 4.53. The third-order valence-electron chi connectivity index (χ3n) is 3.97. The van der Waals surface area contributed by atoms with E-state index in [4.69, 9.17) is 4.74 Å². The largest absolute Gasteiger partial charge is 0.472 e. The molecule has 1 atom stereocenters. The molecule has 122 valence electrons. The van der Waals surface area contributed by atoms with Crippen molar-refractivity contribution in [1.82, 2.24) is 23.6 Å². The fourth-order valence-corrected chi connectivity index (χ4v) is 3.29. The van der Waals surface area contributed by atoms with E-state index in [0.29, 0.717) is 30.4 Å². The van der Waals surface area contributed by atoms with Gasteiger partial charge in [0.1, 0.15) is 23.0 Å². The number of aryl methyl sites for hydroxylation is 1. The van der Waals surface area contributed by atoms with E-state index in [-0.39, 0.29) is 12.0 Å². The molecule has 8 heteroatoms. The summed E-state index contributed by atoms with van der Waals surface area (Å²) in [4.78, 5) is 22.8. The first-order valence-electron chi connectivity index (χ1n) is 7.67. The number of ether oxygens (including phenoxy) is 1. The molecule has 0 bridgehead atoms. The molecular formula is C16H15N5O2S. The minimum absolute atomic E-state index is 0.00475. The van der Waals surface area contributed by atoms with Crippen LogP contribution in [-0.4, -0.2) is 48.7 Å². The Hall–Kier alpha value is -2.61. The second-order valence-electron chi connectivity index (χ2n) is 5.69. The smallest absolute Gasteiger partial charge is 0.254 e. The summed E-state index contributed by atoms with van der Waals surface area (Å²) >= 11 is 1.15. The first kappa shape index (κ1) is 14.9. The first-order valence-corrected chi connectivity index (χ1v) is 8.40. The molecule has 4 rings (SSSR count). The van der Waals surface area contributed by atoms with Crippen molar-refractivity contribution >= 4 is 28.7 Å². The molecule has 24 heavy (non-hydrogen) atoms. The molecule has 0 radical (unpaired) electrons. The van der Waals surface area contributed by atoms with Gasteiger partial charge in [-0.2, -0.15) is 13.7 Å². The van der Waals surface area contributed by atoms with Crippen LogP contribution in [0.25, 0.3) is 11.0 Å². The van der Waals surface area contributed by atoms with E-state index in [2.05, 4.69) is 18.7 Å². The maximum Gasteiger partial charge on any atom is 0.254 e. The standard InChI is InChI=1S/C16H15N5O2S/c1-10-17-6-4-15(18-10)23-12-5-7-21(9-12)16(22)11-2-3-13-14(8-11)20-24-19-13/h2-4,6,8,12H,5,7,9H2,1H3/t12-/m0/s1. The van der Waals surface area contributed by atoms with Crippen molar-refractivity contribution in [2.75, 3.05) is 13.1 Å². The van der Waals surface area contributed by atoms with Crippen molar-refractivity contribution in [2.45, 2.75) is 19.4 Å². The van der Waals surface area contributed by atoms with Gasteiger partial charge in [-0.1, -0.05) is 0 Å². The number of aromatic nitrogens is 4. The number of amides is 1. The van der Waals surface area contributed by atoms with Crippen LogP contribution in [0.1, 0.15) is 22.6 Å². The molecule has 3 aromatic rings. The van der Waals surface area contributed by atoms with Crippen LogP contribution in [0.5, 0.6) is 5.88 Å². The number of carbonyl (C=O) groups is 1. The Kier molecular flexibility index (Phi) is 3.81. The molecule has 2 aromatic heterocycles. The van der Waals surface area contributed by atoms with Crippen LogP contribution < -0.4 is 4.74 Å². The molecule has 0 N–H and O–H groups in total. The molecule has 0 saturated carbocycles. The molecule has 1 fully saturated rings. The number of carbonyl (C=O) groups excluding carboxylic acids is 1. The van der Waals surface area contributed by atoms with E-state index in [0.717, 1.165) is 29.2 Å².